The number of hydrogen-bond acceptors (Lipinski definition) is 2. The van der Waals surface area contributed by atoms with Gasteiger partial charge in [0.05, 0.1) is 17.6 Å². The Bertz CT molecular complexity index is 456. The van der Waals surface area contributed by atoms with E-state index >= 15 is 0 Å². The molecule has 0 amide bonds. The third-order valence-corrected chi connectivity index (χ3v) is 4.72. The summed E-state index contributed by atoms with van der Waals surface area (Å²) in [5, 5.41) is 11.3. The molecule has 1 aromatic rings. The first-order valence-corrected chi connectivity index (χ1v) is 8.46. The number of aliphatic hydroxyl groups excluding tert-OH is 1. The number of piperidine rings is 1. The lowest BCUT2D eigenvalue weighted by atomic mass is 10.00. The predicted molar refractivity (Wildman–Crippen MR) is 86.6 cm³/mol. The Morgan fingerprint density at radius 1 is 1.38 bits per heavy atom. The Labute approximate surface area is 136 Å². The van der Waals surface area contributed by atoms with Gasteiger partial charge in [-0.25, -0.2) is 0 Å². The second-order valence-electron chi connectivity index (χ2n) is 5.75. The number of rotatable bonds is 6. The molecule has 3 atom stereocenters. The van der Waals surface area contributed by atoms with Crippen LogP contribution in [0.1, 0.15) is 32.6 Å². The minimum Gasteiger partial charge on any atom is -0.489 e. The number of aliphatic hydroxyl groups is 1. The zero-order valence-corrected chi connectivity index (χ0v) is 14.0. The Hall–Kier alpha value is -0.480. The maximum Gasteiger partial charge on any atom is 0.138 e. The van der Waals surface area contributed by atoms with Crippen LogP contribution in [0.4, 0.5) is 0 Å². The van der Waals surface area contributed by atoms with Crippen LogP contribution in [0.15, 0.2) is 18.2 Å². The number of benzene rings is 1. The molecule has 1 aliphatic heterocycles. The summed E-state index contributed by atoms with van der Waals surface area (Å²) in [6, 6.07) is 5.79. The van der Waals surface area contributed by atoms with Gasteiger partial charge in [0.25, 0.3) is 0 Å². The molecular formula is C16H24Cl2NO2+. The van der Waals surface area contributed by atoms with Gasteiger partial charge in [0.15, 0.2) is 0 Å². The summed E-state index contributed by atoms with van der Waals surface area (Å²) in [6.45, 7) is 4.38. The Balaban J connectivity index is 1.82. The fraction of sp³-hybridized carbons (Fsp3) is 0.625. The summed E-state index contributed by atoms with van der Waals surface area (Å²) < 4.78 is 5.61. The molecule has 0 spiro atoms. The maximum atomic E-state index is 10.2. The van der Waals surface area contributed by atoms with Gasteiger partial charge in [-0.2, -0.15) is 0 Å². The van der Waals surface area contributed by atoms with Crippen LogP contribution in [0.2, 0.25) is 10.0 Å². The molecule has 118 valence electrons. The third-order valence-electron chi connectivity index (χ3n) is 4.19. The van der Waals surface area contributed by atoms with Gasteiger partial charge in [0, 0.05) is 5.02 Å². The lowest BCUT2D eigenvalue weighted by Gasteiger charge is -2.33. The van der Waals surface area contributed by atoms with Gasteiger partial charge in [-0.05, 0) is 43.9 Å². The van der Waals surface area contributed by atoms with E-state index in [-0.39, 0.29) is 6.61 Å². The number of nitrogens with one attached hydrogen (secondary N) is 1. The average Bonchev–Trinajstić information content (AvgIpc) is 2.47. The molecule has 0 radical (unpaired) electrons. The first kappa shape index (κ1) is 16.9. The summed E-state index contributed by atoms with van der Waals surface area (Å²) in [6.07, 6.45) is 4.53. The molecule has 2 rings (SSSR count). The van der Waals surface area contributed by atoms with E-state index in [4.69, 9.17) is 27.9 Å². The van der Waals surface area contributed by atoms with Crippen molar-refractivity contribution >= 4 is 23.2 Å². The van der Waals surface area contributed by atoms with Crippen molar-refractivity contribution in [3.8, 4) is 5.75 Å². The van der Waals surface area contributed by atoms with Gasteiger partial charge >= 0.3 is 0 Å². The largest absolute Gasteiger partial charge is 0.489 e. The van der Waals surface area contributed by atoms with Gasteiger partial charge < -0.3 is 14.7 Å². The fourth-order valence-corrected chi connectivity index (χ4v) is 3.52. The van der Waals surface area contributed by atoms with Crippen LogP contribution in [0, 0.1) is 0 Å². The number of halogens is 2. The Kier molecular flexibility index (Phi) is 6.62. The second kappa shape index (κ2) is 8.23. The highest BCUT2D eigenvalue weighted by atomic mass is 35.5. The standard InChI is InChI=1S/C16H23Cl2NO2/c1-2-13-5-3-4-8-19(13)10-14(20)11-21-16-7-6-12(17)9-15(16)18/h6-7,9,13-14,20H,2-5,8,10-11H2,1H3/p+1/t13-,14+/m1/s1. The Morgan fingerprint density at radius 2 is 2.19 bits per heavy atom. The second-order valence-corrected chi connectivity index (χ2v) is 6.60. The van der Waals surface area contributed by atoms with Crippen LogP contribution >= 0.6 is 23.2 Å². The number of hydrogen-bond donors (Lipinski definition) is 2. The summed E-state index contributed by atoms with van der Waals surface area (Å²) in [7, 11) is 0. The quantitative estimate of drug-likeness (QED) is 0.839. The molecule has 1 aromatic carbocycles. The van der Waals surface area contributed by atoms with Crippen LogP contribution in [0.5, 0.6) is 5.75 Å². The number of likely N-dealkylation sites (tertiary alicyclic amines) is 1. The van der Waals surface area contributed by atoms with Crippen molar-refractivity contribution in [1.82, 2.24) is 0 Å². The van der Waals surface area contributed by atoms with Gasteiger partial charge in [0.1, 0.15) is 25.0 Å². The molecule has 1 unspecified atom stereocenters. The number of ether oxygens (including phenoxy) is 1. The normalized spacial score (nSPS) is 23.8. The number of quaternary nitrogens is 1. The smallest absolute Gasteiger partial charge is 0.138 e. The van der Waals surface area contributed by atoms with E-state index in [0.29, 0.717) is 21.8 Å². The molecule has 0 bridgehead atoms. The minimum atomic E-state index is -0.473. The molecular weight excluding hydrogens is 309 g/mol. The molecule has 2 N–H and O–H groups in total. The lowest BCUT2D eigenvalue weighted by molar-refractivity contribution is -0.933. The van der Waals surface area contributed by atoms with E-state index in [2.05, 4.69) is 6.92 Å². The molecule has 1 fully saturated rings. The molecule has 3 nitrogen and oxygen atoms in total. The van der Waals surface area contributed by atoms with E-state index < -0.39 is 6.10 Å². The third kappa shape index (κ3) is 5.03. The van der Waals surface area contributed by atoms with E-state index in [0.717, 1.165) is 13.1 Å². The first-order chi connectivity index (χ1) is 10.1. The zero-order chi connectivity index (χ0) is 15.2. The molecule has 1 saturated heterocycles. The molecule has 1 aliphatic rings. The van der Waals surface area contributed by atoms with E-state index in [1.165, 1.54) is 30.6 Å². The maximum absolute atomic E-state index is 10.2. The SMILES string of the molecule is CC[C@@H]1CCCC[NH+]1C[C@H](O)COc1ccc(Cl)cc1Cl. The van der Waals surface area contributed by atoms with Gasteiger partial charge in [-0.1, -0.05) is 30.1 Å². The van der Waals surface area contributed by atoms with Crippen molar-refractivity contribution in [3.63, 3.8) is 0 Å². The molecule has 5 heteroatoms. The molecule has 1 heterocycles. The minimum absolute atomic E-state index is 0.265. The molecule has 21 heavy (non-hydrogen) atoms. The molecule has 0 saturated carbocycles. The lowest BCUT2D eigenvalue weighted by Crippen LogP contribution is -3.17. The van der Waals surface area contributed by atoms with Crippen molar-refractivity contribution in [2.75, 3.05) is 19.7 Å². The van der Waals surface area contributed by atoms with E-state index in [1.54, 1.807) is 18.2 Å². The summed E-state index contributed by atoms with van der Waals surface area (Å²) in [5.74, 6) is 0.570. The van der Waals surface area contributed by atoms with E-state index in [1.807, 2.05) is 0 Å². The van der Waals surface area contributed by atoms with Crippen LogP contribution in [0.3, 0.4) is 0 Å². The van der Waals surface area contributed by atoms with Gasteiger partial charge in [-0.15, -0.1) is 0 Å². The van der Waals surface area contributed by atoms with Crippen LogP contribution in [0.25, 0.3) is 0 Å². The fourth-order valence-electron chi connectivity index (χ4n) is 3.05. The van der Waals surface area contributed by atoms with Crippen molar-refractivity contribution in [2.45, 2.75) is 44.8 Å². The summed E-state index contributed by atoms with van der Waals surface area (Å²) in [4.78, 5) is 1.50. The highest BCUT2D eigenvalue weighted by Gasteiger charge is 2.26. The predicted octanol–water partition coefficient (Wildman–Crippen LogP) is 2.58. The van der Waals surface area contributed by atoms with Crippen molar-refractivity contribution in [3.05, 3.63) is 28.2 Å². The Morgan fingerprint density at radius 3 is 2.90 bits per heavy atom. The summed E-state index contributed by atoms with van der Waals surface area (Å²) in [5.41, 5.74) is 0. The van der Waals surface area contributed by atoms with Crippen molar-refractivity contribution in [2.24, 2.45) is 0 Å². The molecule has 0 aromatic heterocycles. The monoisotopic (exact) mass is 332 g/mol. The van der Waals surface area contributed by atoms with Crippen molar-refractivity contribution in [1.29, 1.82) is 0 Å². The van der Waals surface area contributed by atoms with Crippen molar-refractivity contribution < 1.29 is 14.7 Å². The highest BCUT2D eigenvalue weighted by molar-refractivity contribution is 6.35. The van der Waals surface area contributed by atoms with Gasteiger partial charge in [-0.3, -0.25) is 0 Å². The van der Waals surface area contributed by atoms with Gasteiger partial charge in [0.2, 0.25) is 0 Å². The van der Waals surface area contributed by atoms with E-state index in [9.17, 15) is 5.11 Å². The average molecular weight is 333 g/mol. The highest BCUT2D eigenvalue weighted by Crippen LogP contribution is 2.27. The summed E-state index contributed by atoms with van der Waals surface area (Å²) >= 11 is 11.9. The van der Waals surface area contributed by atoms with Crippen LogP contribution in [-0.4, -0.2) is 36.9 Å². The zero-order valence-electron chi connectivity index (χ0n) is 12.4. The first-order valence-electron chi connectivity index (χ1n) is 7.70. The van der Waals surface area contributed by atoms with Crippen LogP contribution in [-0.2, 0) is 0 Å². The van der Waals surface area contributed by atoms with Crippen LogP contribution < -0.4 is 9.64 Å². The molecule has 0 aliphatic carbocycles. The topological polar surface area (TPSA) is 33.9 Å².